The molecule has 0 unspecified atom stereocenters. The van der Waals surface area contributed by atoms with E-state index in [9.17, 15) is 9.59 Å². The van der Waals surface area contributed by atoms with Crippen LogP contribution in [-0.2, 0) is 11.8 Å². The molecule has 3 heterocycles. The quantitative estimate of drug-likeness (QED) is 0.177. The largest absolute Gasteiger partial charge is 0.296 e. The lowest BCUT2D eigenvalue weighted by Gasteiger charge is -2.12. The molecule has 1 aliphatic heterocycles. The third-order valence-electron chi connectivity index (χ3n) is 6.71. The number of hydrogen-bond acceptors (Lipinski definition) is 5. The number of rotatable bonds is 5. The molecule has 1 saturated heterocycles. The van der Waals surface area contributed by atoms with Crippen LogP contribution in [0.4, 0.5) is 5.69 Å². The second-order valence-corrected chi connectivity index (χ2v) is 11.3. The Hall–Kier alpha value is -4.18. The molecule has 10 heteroatoms. The van der Waals surface area contributed by atoms with Gasteiger partial charge in [-0.1, -0.05) is 84.1 Å². The van der Waals surface area contributed by atoms with E-state index in [2.05, 4.69) is 0 Å². The minimum atomic E-state index is -0.351. The second-order valence-electron chi connectivity index (χ2n) is 9.15. The number of amides is 1. The van der Waals surface area contributed by atoms with Crippen LogP contribution in [0.15, 0.2) is 101 Å². The molecule has 2 aromatic heterocycles. The van der Waals surface area contributed by atoms with E-state index in [4.69, 9.17) is 28.9 Å². The zero-order valence-corrected chi connectivity index (χ0v) is 23.9. The van der Waals surface area contributed by atoms with Crippen molar-refractivity contribution < 1.29 is 4.79 Å². The summed E-state index contributed by atoms with van der Waals surface area (Å²) in [5, 5.41) is 5.44. The summed E-state index contributed by atoms with van der Waals surface area (Å²) < 4.78 is 5.34. The van der Waals surface area contributed by atoms with Gasteiger partial charge in [0.05, 0.1) is 27.7 Å². The second kappa shape index (κ2) is 10.4. The molecule has 0 saturated carbocycles. The van der Waals surface area contributed by atoms with E-state index in [-0.39, 0.29) is 17.2 Å². The van der Waals surface area contributed by atoms with Gasteiger partial charge in [-0.05, 0) is 49.4 Å². The van der Waals surface area contributed by atoms with Crippen LogP contribution in [-0.4, -0.2) is 29.4 Å². The number of anilines is 1. The number of benzene rings is 3. The highest BCUT2D eigenvalue weighted by Crippen LogP contribution is 2.38. The van der Waals surface area contributed by atoms with Crippen molar-refractivity contribution in [3.05, 3.63) is 123 Å². The molecular weight excluding hydrogens is 562 g/mol. The van der Waals surface area contributed by atoms with Crippen molar-refractivity contribution >= 4 is 57.6 Å². The zero-order valence-electron chi connectivity index (χ0n) is 21.5. The van der Waals surface area contributed by atoms with Gasteiger partial charge in [0.25, 0.3) is 11.5 Å². The summed E-state index contributed by atoms with van der Waals surface area (Å²) in [6, 6.07) is 26.4. The Kier molecular flexibility index (Phi) is 6.79. The molecule has 0 bridgehead atoms. The van der Waals surface area contributed by atoms with Crippen molar-refractivity contribution in [2.75, 3.05) is 4.90 Å². The fourth-order valence-electron chi connectivity index (χ4n) is 4.65. The Balaban J connectivity index is 1.43. The molecule has 0 spiro atoms. The Morgan fingerprint density at radius 1 is 0.900 bits per heavy atom. The molecule has 0 atom stereocenters. The Morgan fingerprint density at radius 3 is 2.17 bits per heavy atom. The maximum atomic E-state index is 13.8. The standard InChI is InChI=1S/C30H22ClN5O2S2/c1-19-27(29(38)36(33(19)2)24-11-7-4-8-12-24)35-28(37)25(40-30(35)39)17-21-18-34(23-9-5-3-6-10-23)32-26(21)20-13-15-22(31)16-14-20/h3-18H,1-2H3/b25-17-. The van der Waals surface area contributed by atoms with E-state index in [0.717, 1.165) is 28.6 Å². The van der Waals surface area contributed by atoms with Crippen molar-refractivity contribution in [3.63, 3.8) is 0 Å². The number of thioether (sulfide) groups is 1. The number of carbonyl (C=O) groups excluding carboxylic acids is 1. The van der Waals surface area contributed by atoms with Gasteiger partial charge in [0, 0.05) is 29.4 Å². The first-order chi connectivity index (χ1) is 19.3. The van der Waals surface area contributed by atoms with Crippen molar-refractivity contribution in [2.45, 2.75) is 6.92 Å². The number of aromatic nitrogens is 4. The molecule has 0 radical (unpaired) electrons. The fraction of sp³-hybridized carbons (Fsp3) is 0.0667. The summed E-state index contributed by atoms with van der Waals surface area (Å²) >= 11 is 12.9. The van der Waals surface area contributed by atoms with Gasteiger partial charge in [0.1, 0.15) is 5.69 Å². The van der Waals surface area contributed by atoms with Gasteiger partial charge < -0.3 is 0 Å². The normalized spacial score (nSPS) is 14.5. The predicted molar refractivity (Wildman–Crippen MR) is 165 cm³/mol. The SMILES string of the molecule is Cc1c(N2C(=O)/C(=C/c3cn(-c4ccccc4)nc3-c3ccc(Cl)cc3)SC2=S)c(=O)n(-c2ccccc2)n1C. The van der Waals surface area contributed by atoms with Crippen LogP contribution < -0.4 is 10.5 Å². The van der Waals surface area contributed by atoms with Crippen LogP contribution in [0.25, 0.3) is 28.7 Å². The highest BCUT2D eigenvalue weighted by atomic mass is 35.5. The summed E-state index contributed by atoms with van der Waals surface area (Å²) in [6.07, 6.45) is 3.66. The van der Waals surface area contributed by atoms with Gasteiger partial charge in [0.2, 0.25) is 0 Å². The molecule has 5 aromatic rings. The van der Waals surface area contributed by atoms with Gasteiger partial charge in [-0.15, -0.1) is 0 Å². The molecule has 1 aliphatic rings. The first-order valence-electron chi connectivity index (χ1n) is 12.4. The lowest BCUT2D eigenvalue weighted by Crippen LogP contribution is -2.33. The lowest BCUT2D eigenvalue weighted by atomic mass is 10.1. The minimum absolute atomic E-state index is 0.246. The molecule has 6 rings (SSSR count). The predicted octanol–water partition coefficient (Wildman–Crippen LogP) is 6.40. The Labute approximate surface area is 244 Å². The third-order valence-corrected chi connectivity index (χ3v) is 8.26. The molecule has 198 valence electrons. The topological polar surface area (TPSA) is 65.1 Å². The first kappa shape index (κ1) is 26.1. The van der Waals surface area contributed by atoms with Gasteiger partial charge >= 0.3 is 0 Å². The van der Waals surface area contributed by atoms with E-state index in [1.54, 1.807) is 41.5 Å². The van der Waals surface area contributed by atoms with Crippen LogP contribution in [0.1, 0.15) is 11.3 Å². The minimum Gasteiger partial charge on any atom is -0.283 e. The molecule has 7 nitrogen and oxygen atoms in total. The fourth-order valence-corrected chi connectivity index (χ4v) is 6.04. The van der Waals surface area contributed by atoms with Crippen molar-refractivity contribution in [3.8, 4) is 22.6 Å². The number of halogens is 1. The average Bonchev–Trinajstić information content (AvgIpc) is 3.57. The summed E-state index contributed by atoms with van der Waals surface area (Å²) in [7, 11) is 1.79. The summed E-state index contributed by atoms with van der Waals surface area (Å²) in [5.41, 5.74) is 4.41. The molecule has 1 amide bonds. The maximum Gasteiger partial charge on any atom is 0.296 e. The first-order valence-corrected chi connectivity index (χ1v) is 14.0. The van der Waals surface area contributed by atoms with Crippen molar-refractivity contribution in [2.24, 2.45) is 7.05 Å². The Bertz CT molecular complexity index is 1860. The van der Waals surface area contributed by atoms with Crippen LogP contribution in [0.2, 0.25) is 5.02 Å². The molecule has 3 aromatic carbocycles. The highest BCUT2D eigenvalue weighted by Gasteiger charge is 2.38. The van der Waals surface area contributed by atoms with Crippen molar-refractivity contribution in [1.82, 2.24) is 19.1 Å². The average molecular weight is 584 g/mol. The highest BCUT2D eigenvalue weighted by molar-refractivity contribution is 8.27. The van der Waals surface area contributed by atoms with Crippen molar-refractivity contribution in [1.29, 1.82) is 0 Å². The van der Waals surface area contributed by atoms with Crippen LogP contribution in [0, 0.1) is 6.92 Å². The van der Waals surface area contributed by atoms with Gasteiger partial charge in [-0.2, -0.15) is 5.10 Å². The van der Waals surface area contributed by atoms with Gasteiger partial charge in [0.15, 0.2) is 4.32 Å². The number of nitrogens with zero attached hydrogens (tertiary/aromatic N) is 5. The third kappa shape index (κ3) is 4.52. The van der Waals surface area contributed by atoms with E-state index in [1.807, 2.05) is 79.0 Å². The number of hydrogen-bond donors (Lipinski definition) is 0. The number of thiocarbonyl (C=S) groups is 1. The molecule has 0 N–H and O–H groups in total. The van der Waals surface area contributed by atoms with E-state index < -0.39 is 0 Å². The summed E-state index contributed by atoms with van der Waals surface area (Å²) in [4.78, 5) is 29.2. The van der Waals surface area contributed by atoms with E-state index >= 15 is 0 Å². The van der Waals surface area contributed by atoms with Crippen LogP contribution in [0.5, 0.6) is 0 Å². The molecule has 40 heavy (non-hydrogen) atoms. The van der Waals surface area contributed by atoms with E-state index in [1.165, 1.54) is 9.58 Å². The summed E-state index contributed by atoms with van der Waals surface area (Å²) in [6.45, 7) is 1.81. The zero-order chi connectivity index (χ0) is 28.0. The summed E-state index contributed by atoms with van der Waals surface area (Å²) in [5.74, 6) is -0.351. The van der Waals surface area contributed by atoms with Crippen LogP contribution >= 0.6 is 35.6 Å². The van der Waals surface area contributed by atoms with Gasteiger partial charge in [-0.3, -0.25) is 19.2 Å². The Morgan fingerprint density at radius 2 is 1.52 bits per heavy atom. The van der Waals surface area contributed by atoms with Gasteiger partial charge in [-0.25, -0.2) is 9.36 Å². The molecule has 0 aliphatic carbocycles. The smallest absolute Gasteiger partial charge is 0.283 e. The van der Waals surface area contributed by atoms with Crippen LogP contribution in [0.3, 0.4) is 0 Å². The van der Waals surface area contributed by atoms with E-state index in [0.29, 0.717) is 31.3 Å². The lowest BCUT2D eigenvalue weighted by molar-refractivity contribution is -0.113. The molecular formula is C30H22ClN5O2S2. The number of carbonyl (C=O) groups is 1. The maximum absolute atomic E-state index is 13.8. The molecule has 1 fully saturated rings. The monoisotopic (exact) mass is 583 g/mol. The number of para-hydroxylation sites is 2.